The molecule has 0 fully saturated rings. The number of hydrogen-bond acceptors (Lipinski definition) is 4. The average Bonchev–Trinajstić information content (AvgIpc) is 3.03. The standard InChI is InChI=1S/C19H21ClN4O2/c1-5-16-11(6-7-18(22-16)24(2)3)12-8-13-14(19(25)23-26-4)10-21-17(13)9-15(12)20/h6-10,21H,5H2,1-4H3,(H,23,25). The van der Waals surface area contributed by atoms with E-state index in [0.29, 0.717) is 10.6 Å². The molecule has 0 saturated carbocycles. The van der Waals surface area contributed by atoms with Crippen LogP contribution in [0.1, 0.15) is 23.0 Å². The number of halogens is 1. The number of anilines is 1. The second kappa shape index (κ2) is 7.35. The van der Waals surface area contributed by atoms with Gasteiger partial charge >= 0.3 is 0 Å². The predicted octanol–water partition coefficient (Wildman–Crippen LogP) is 3.80. The molecule has 0 radical (unpaired) electrons. The van der Waals surface area contributed by atoms with Gasteiger partial charge in [0.15, 0.2) is 0 Å². The Hall–Kier alpha value is -2.57. The molecule has 1 amide bonds. The summed E-state index contributed by atoms with van der Waals surface area (Å²) in [6, 6.07) is 7.74. The van der Waals surface area contributed by atoms with Gasteiger partial charge in [0.25, 0.3) is 5.91 Å². The first-order chi connectivity index (χ1) is 12.5. The highest BCUT2D eigenvalue weighted by Gasteiger charge is 2.17. The summed E-state index contributed by atoms with van der Waals surface area (Å²) in [5, 5.41) is 1.38. The van der Waals surface area contributed by atoms with Crippen molar-refractivity contribution >= 4 is 34.2 Å². The van der Waals surface area contributed by atoms with E-state index in [2.05, 4.69) is 17.4 Å². The Labute approximate surface area is 157 Å². The lowest BCUT2D eigenvalue weighted by atomic mass is 9.99. The Morgan fingerprint density at radius 3 is 2.73 bits per heavy atom. The Balaban J connectivity index is 2.17. The van der Waals surface area contributed by atoms with Crippen LogP contribution in [0, 0.1) is 0 Å². The highest BCUT2D eigenvalue weighted by atomic mass is 35.5. The Morgan fingerprint density at radius 1 is 1.31 bits per heavy atom. The zero-order valence-electron chi connectivity index (χ0n) is 15.2. The average molecular weight is 373 g/mol. The van der Waals surface area contributed by atoms with E-state index in [1.165, 1.54) is 7.11 Å². The van der Waals surface area contributed by atoms with Crippen LogP contribution >= 0.6 is 11.6 Å². The maximum Gasteiger partial charge on any atom is 0.276 e. The number of rotatable bonds is 5. The quantitative estimate of drug-likeness (QED) is 0.668. The van der Waals surface area contributed by atoms with Crippen molar-refractivity contribution < 1.29 is 9.63 Å². The fraction of sp³-hybridized carbons (Fsp3) is 0.263. The molecule has 2 aromatic heterocycles. The molecule has 0 bridgehead atoms. The van der Waals surface area contributed by atoms with Gasteiger partial charge in [0.1, 0.15) is 5.82 Å². The zero-order valence-corrected chi connectivity index (χ0v) is 15.9. The van der Waals surface area contributed by atoms with E-state index < -0.39 is 0 Å². The van der Waals surface area contributed by atoms with Gasteiger partial charge in [0.05, 0.1) is 23.4 Å². The second-order valence-electron chi connectivity index (χ2n) is 6.13. The van der Waals surface area contributed by atoms with Crippen molar-refractivity contribution in [1.29, 1.82) is 0 Å². The molecule has 1 aromatic carbocycles. The fourth-order valence-corrected chi connectivity index (χ4v) is 3.20. The van der Waals surface area contributed by atoms with Crippen molar-refractivity contribution in [3.05, 3.63) is 46.7 Å². The van der Waals surface area contributed by atoms with Crippen LogP contribution in [0.2, 0.25) is 5.02 Å². The first-order valence-electron chi connectivity index (χ1n) is 8.27. The van der Waals surface area contributed by atoms with E-state index in [4.69, 9.17) is 21.4 Å². The minimum absolute atomic E-state index is 0.316. The predicted molar refractivity (Wildman–Crippen MR) is 105 cm³/mol. The molecule has 0 aliphatic heterocycles. The van der Waals surface area contributed by atoms with Gasteiger partial charge in [-0.2, -0.15) is 0 Å². The third-order valence-corrected chi connectivity index (χ3v) is 4.56. The molecule has 3 aromatic rings. The van der Waals surface area contributed by atoms with Crippen molar-refractivity contribution in [2.24, 2.45) is 0 Å². The number of hydrogen-bond donors (Lipinski definition) is 2. The topological polar surface area (TPSA) is 70.2 Å². The molecule has 2 N–H and O–H groups in total. The van der Waals surface area contributed by atoms with Crippen LogP contribution in [0.25, 0.3) is 22.0 Å². The molecule has 0 unspecified atom stereocenters. The van der Waals surface area contributed by atoms with Gasteiger partial charge in [-0.05, 0) is 30.7 Å². The number of benzene rings is 1. The molecule has 2 heterocycles. The number of H-pyrrole nitrogens is 1. The van der Waals surface area contributed by atoms with Crippen molar-refractivity contribution in [3.8, 4) is 11.1 Å². The maximum atomic E-state index is 12.2. The number of aromatic amines is 1. The van der Waals surface area contributed by atoms with Gasteiger partial charge in [0.2, 0.25) is 0 Å². The SMILES string of the molecule is CCc1nc(N(C)C)ccc1-c1cc2c(C(=O)NOC)c[nH]c2cc1Cl. The number of hydroxylamine groups is 1. The van der Waals surface area contributed by atoms with Crippen molar-refractivity contribution in [2.75, 3.05) is 26.1 Å². The lowest BCUT2D eigenvalue weighted by molar-refractivity contribution is 0.0539. The molecule has 7 heteroatoms. The Kier molecular flexibility index (Phi) is 5.15. The first-order valence-corrected chi connectivity index (χ1v) is 8.65. The van der Waals surface area contributed by atoms with Gasteiger partial charge in [-0.15, -0.1) is 0 Å². The van der Waals surface area contributed by atoms with Gasteiger partial charge in [-0.3, -0.25) is 9.63 Å². The number of pyridine rings is 1. The molecule has 136 valence electrons. The van der Waals surface area contributed by atoms with Gasteiger partial charge in [-0.25, -0.2) is 10.5 Å². The maximum absolute atomic E-state index is 12.2. The van der Waals surface area contributed by atoms with Crippen LogP contribution in [-0.4, -0.2) is 37.1 Å². The van der Waals surface area contributed by atoms with Gasteiger partial charge < -0.3 is 9.88 Å². The number of carbonyl (C=O) groups excluding carboxylic acids is 1. The summed E-state index contributed by atoms with van der Waals surface area (Å²) in [6.45, 7) is 2.06. The lowest BCUT2D eigenvalue weighted by Crippen LogP contribution is -2.21. The summed E-state index contributed by atoms with van der Waals surface area (Å²) in [5.74, 6) is 0.577. The number of fused-ring (bicyclic) bond motifs is 1. The van der Waals surface area contributed by atoms with Gasteiger partial charge in [0, 0.05) is 42.3 Å². The van der Waals surface area contributed by atoms with Crippen LogP contribution in [0.3, 0.4) is 0 Å². The number of aromatic nitrogens is 2. The number of carbonyl (C=O) groups is 1. The van der Waals surface area contributed by atoms with E-state index in [1.807, 2.05) is 43.3 Å². The summed E-state index contributed by atoms with van der Waals surface area (Å²) < 4.78 is 0. The Bertz CT molecular complexity index is 966. The molecule has 0 aliphatic carbocycles. The van der Waals surface area contributed by atoms with Crippen LogP contribution in [0.5, 0.6) is 0 Å². The van der Waals surface area contributed by atoms with Crippen molar-refractivity contribution in [3.63, 3.8) is 0 Å². The van der Waals surface area contributed by atoms with Crippen LogP contribution in [-0.2, 0) is 11.3 Å². The van der Waals surface area contributed by atoms with E-state index in [1.54, 1.807) is 6.20 Å². The zero-order chi connectivity index (χ0) is 18.8. The monoisotopic (exact) mass is 372 g/mol. The van der Waals surface area contributed by atoms with E-state index in [-0.39, 0.29) is 5.91 Å². The highest BCUT2D eigenvalue weighted by molar-refractivity contribution is 6.34. The molecule has 26 heavy (non-hydrogen) atoms. The summed E-state index contributed by atoms with van der Waals surface area (Å²) in [7, 11) is 5.32. The van der Waals surface area contributed by atoms with Crippen LogP contribution < -0.4 is 10.4 Å². The minimum Gasteiger partial charge on any atom is -0.363 e. The number of aryl methyl sites for hydroxylation is 1. The van der Waals surface area contributed by atoms with Crippen LogP contribution in [0.15, 0.2) is 30.5 Å². The van der Waals surface area contributed by atoms with Crippen LogP contribution in [0.4, 0.5) is 5.82 Å². The summed E-state index contributed by atoms with van der Waals surface area (Å²) >= 11 is 6.54. The molecule has 0 spiro atoms. The lowest BCUT2D eigenvalue weighted by Gasteiger charge is -2.16. The number of nitrogens with zero attached hydrogens (tertiary/aromatic N) is 2. The molecule has 0 aliphatic rings. The fourth-order valence-electron chi connectivity index (χ4n) is 2.94. The number of amides is 1. The number of nitrogens with one attached hydrogen (secondary N) is 2. The third kappa shape index (κ3) is 3.25. The largest absolute Gasteiger partial charge is 0.363 e. The molecule has 0 atom stereocenters. The summed E-state index contributed by atoms with van der Waals surface area (Å²) in [5.41, 5.74) is 6.39. The highest BCUT2D eigenvalue weighted by Crippen LogP contribution is 2.35. The van der Waals surface area contributed by atoms with E-state index >= 15 is 0 Å². The smallest absolute Gasteiger partial charge is 0.276 e. The summed E-state index contributed by atoms with van der Waals surface area (Å²) in [4.78, 5) is 26.7. The normalized spacial score (nSPS) is 11.0. The van der Waals surface area contributed by atoms with E-state index in [0.717, 1.165) is 40.0 Å². The molecular formula is C19H21ClN4O2. The minimum atomic E-state index is -0.316. The first kappa shape index (κ1) is 18.2. The third-order valence-electron chi connectivity index (χ3n) is 4.25. The van der Waals surface area contributed by atoms with Crippen molar-refractivity contribution in [2.45, 2.75) is 13.3 Å². The second-order valence-corrected chi connectivity index (χ2v) is 6.53. The van der Waals surface area contributed by atoms with Crippen molar-refractivity contribution in [1.82, 2.24) is 15.4 Å². The molecular weight excluding hydrogens is 352 g/mol. The van der Waals surface area contributed by atoms with Gasteiger partial charge in [-0.1, -0.05) is 18.5 Å². The molecule has 6 nitrogen and oxygen atoms in total. The van der Waals surface area contributed by atoms with E-state index in [9.17, 15) is 4.79 Å². The Morgan fingerprint density at radius 2 is 2.08 bits per heavy atom. The molecule has 0 saturated heterocycles. The summed E-state index contributed by atoms with van der Waals surface area (Å²) in [6.07, 6.45) is 2.42. The molecule has 3 rings (SSSR count).